The van der Waals surface area contributed by atoms with Gasteiger partial charge in [-0.25, -0.2) is 0 Å². The molecule has 1 aliphatic heterocycles. The predicted octanol–water partition coefficient (Wildman–Crippen LogP) is 2.58. The summed E-state index contributed by atoms with van der Waals surface area (Å²) in [6.07, 6.45) is 0. The Labute approximate surface area is 174 Å². The van der Waals surface area contributed by atoms with Gasteiger partial charge in [0.1, 0.15) is 0 Å². The van der Waals surface area contributed by atoms with E-state index in [-0.39, 0.29) is 11.6 Å². The maximum Gasteiger partial charge on any atom is 0.269 e. The van der Waals surface area contributed by atoms with Gasteiger partial charge in [0.15, 0.2) is 11.5 Å². The van der Waals surface area contributed by atoms with Crippen molar-refractivity contribution in [1.29, 1.82) is 0 Å². The lowest BCUT2D eigenvalue weighted by Gasteiger charge is -2.35. The number of carbonyl (C=O) groups excluding carboxylic acids is 1. The van der Waals surface area contributed by atoms with E-state index in [0.717, 1.165) is 5.56 Å². The number of methoxy groups -OCH3 is 3. The first-order valence-corrected chi connectivity index (χ1v) is 9.51. The monoisotopic (exact) mass is 415 g/mol. The number of rotatable bonds is 7. The van der Waals surface area contributed by atoms with Crippen LogP contribution < -0.4 is 14.2 Å². The number of nitro groups is 1. The molecule has 30 heavy (non-hydrogen) atoms. The van der Waals surface area contributed by atoms with E-state index >= 15 is 0 Å². The number of carbonyl (C=O) groups is 1. The summed E-state index contributed by atoms with van der Waals surface area (Å²) < 4.78 is 16.0. The van der Waals surface area contributed by atoms with Gasteiger partial charge in [0.2, 0.25) is 5.75 Å². The molecule has 9 nitrogen and oxygen atoms in total. The first-order valence-electron chi connectivity index (χ1n) is 9.51. The van der Waals surface area contributed by atoms with E-state index in [0.29, 0.717) is 55.5 Å². The number of ether oxygens (including phenoxy) is 3. The van der Waals surface area contributed by atoms with Crippen molar-refractivity contribution in [1.82, 2.24) is 9.80 Å². The quantitative estimate of drug-likeness (QED) is 0.507. The van der Waals surface area contributed by atoms with Crippen LogP contribution in [0.4, 0.5) is 5.69 Å². The van der Waals surface area contributed by atoms with Crippen LogP contribution in [0.1, 0.15) is 15.9 Å². The highest BCUT2D eigenvalue weighted by Gasteiger charge is 2.25. The molecule has 0 N–H and O–H groups in total. The number of benzene rings is 2. The number of nitrogens with zero attached hydrogens (tertiary/aromatic N) is 3. The van der Waals surface area contributed by atoms with Crippen LogP contribution in [0.2, 0.25) is 0 Å². The zero-order chi connectivity index (χ0) is 21.7. The van der Waals surface area contributed by atoms with Crippen LogP contribution in [0.25, 0.3) is 0 Å². The zero-order valence-electron chi connectivity index (χ0n) is 17.3. The van der Waals surface area contributed by atoms with E-state index in [1.165, 1.54) is 33.5 Å². The van der Waals surface area contributed by atoms with Crippen molar-refractivity contribution in [2.75, 3.05) is 47.5 Å². The lowest BCUT2D eigenvalue weighted by molar-refractivity contribution is -0.384. The minimum atomic E-state index is -0.405. The van der Waals surface area contributed by atoms with Gasteiger partial charge in [-0.3, -0.25) is 19.8 Å². The summed E-state index contributed by atoms with van der Waals surface area (Å²) in [5.74, 6) is 1.24. The Balaban J connectivity index is 1.63. The summed E-state index contributed by atoms with van der Waals surface area (Å²) in [6.45, 7) is 3.29. The fraction of sp³-hybridized carbons (Fsp3) is 0.381. The van der Waals surface area contributed by atoms with Crippen molar-refractivity contribution in [3.63, 3.8) is 0 Å². The Bertz CT molecular complexity index is 882. The average Bonchev–Trinajstić information content (AvgIpc) is 2.78. The Morgan fingerprint density at radius 2 is 1.53 bits per heavy atom. The summed E-state index contributed by atoms with van der Waals surface area (Å²) >= 11 is 0. The molecular formula is C21H25N3O6. The lowest BCUT2D eigenvalue weighted by atomic mass is 10.1. The van der Waals surface area contributed by atoms with Crippen molar-refractivity contribution < 1.29 is 23.9 Å². The molecule has 160 valence electrons. The number of hydrogen-bond donors (Lipinski definition) is 0. The summed E-state index contributed by atoms with van der Waals surface area (Å²) in [7, 11) is 4.55. The molecule has 1 aliphatic rings. The summed E-state index contributed by atoms with van der Waals surface area (Å²) in [5.41, 5.74) is 1.57. The van der Waals surface area contributed by atoms with Crippen LogP contribution in [0.3, 0.4) is 0 Å². The van der Waals surface area contributed by atoms with Gasteiger partial charge in [-0.1, -0.05) is 12.1 Å². The van der Waals surface area contributed by atoms with Gasteiger partial charge in [-0.15, -0.1) is 0 Å². The molecule has 1 saturated heterocycles. The van der Waals surface area contributed by atoms with Crippen molar-refractivity contribution >= 4 is 11.6 Å². The van der Waals surface area contributed by atoms with Crippen molar-refractivity contribution in [3.05, 3.63) is 57.6 Å². The van der Waals surface area contributed by atoms with Crippen LogP contribution in [-0.4, -0.2) is 68.1 Å². The molecule has 0 aromatic heterocycles. The van der Waals surface area contributed by atoms with E-state index in [1.54, 1.807) is 29.2 Å². The van der Waals surface area contributed by atoms with E-state index in [1.807, 2.05) is 0 Å². The highest BCUT2D eigenvalue weighted by Crippen LogP contribution is 2.38. The van der Waals surface area contributed by atoms with Gasteiger partial charge in [-0.05, 0) is 17.7 Å². The van der Waals surface area contributed by atoms with Gasteiger partial charge in [0.25, 0.3) is 11.6 Å². The molecule has 2 aromatic rings. The summed E-state index contributed by atoms with van der Waals surface area (Å²) in [6, 6.07) is 9.89. The second-order valence-corrected chi connectivity index (χ2v) is 6.91. The van der Waals surface area contributed by atoms with Crippen LogP contribution in [0.5, 0.6) is 17.2 Å². The molecule has 9 heteroatoms. The SMILES string of the molecule is COc1cc(C(=O)N2CCN(Cc3ccc([N+](=O)[O-])cc3)CC2)cc(OC)c1OC. The van der Waals surface area contributed by atoms with Crippen molar-refractivity contribution in [2.45, 2.75) is 6.54 Å². The average molecular weight is 415 g/mol. The molecular weight excluding hydrogens is 390 g/mol. The van der Waals surface area contributed by atoms with E-state index in [2.05, 4.69) is 4.90 Å². The molecule has 0 atom stereocenters. The Hall–Kier alpha value is -3.33. The zero-order valence-corrected chi connectivity index (χ0v) is 17.3. The molecule has 0 unspecified atom stereocenters. The van der Waals surface area contributed by atoms with Crippen LogP contribution >= 0.6 is 0 Å². The number of nitro benzene ring substituents is 1. The topological polar surface area (TPSA) is 94.4 Å². The highest BCUT2D eigenvalue weighted by atomic mass is 16.6. The van der Waals surface area contributed by atoms with Crippen LogP contribution in [0.15, 0.2) is 36.4 Å². The smallest absolute Gasteiger partial charge is 0.269 e. The van der Waals surface area contributed by atoms with E-state index in [4.69, 9.17) is 14.2 Å². The molecule has 0 spiro atoms. The lowest BCUT2D eigenvalue weighted by Crippen LogP contribution is -2.48. The first-order chi connectivity index (χ1) is 14.5. The number of amides is 1. The fourth-order valence-electron chi connectivity index (χ4n) is 3.48. The van der Waals surface area contributed by atoms with Crippen LogP contribution in [-0.2, 0) is 6.54 Å². The molecule has 0 radical (unpaired) electrons. The third-order valence-electron chi connectivity index (χ3n) is 5.12. The van der Waals surface area contributed by atoms with Gasteiger partial charge in [0, 0.05) is 50.4 Å². The normalized spacial score (nSPS) is 14.3. The van der Waals surface area contributed by atoms with Gasteiger partial charge in [0.05, 0.1) is 26.3 Å². The second-order valence-electron chi connectivity index (χ2n) is 6.91. The molecule has 3 rings (SSSR count). The molecule has 2 aromatic carbocycles. The number of hydrogen-bond acceptors (Lipinski definition) is 7. The van der Waals surface area contributed by atoms with Gasteiger partial charge >= 0.3 is 0 Å². The molecule has 1 fully saturated rings. The predicted molar refractivity (Wildman–Crippen MR) is 110 cm³/mol. The van der Waals surface area contributed by atoms with Crippen molar-refractivity contribution in [3.8, 4) is 17.2 Å². The maximum atomic E-state index is 13.0. The van der Waals surface area contributed by atoms with Gasteiger partial charge < -0.3 is 19.1 Å². The highest BCUT2D eigenvalue weighted by molar-refractivity contribution is 5.95. The summed E-state index contributed by atoms with van der Waals surface area (Å²) in [5, 5.41) is 10.8. The van der Waals surface area contributed by atoms with E-state index in [9.17, 15) is 14.9 Å². The molecule has 1 amide bonds. The van der Waals surface area contributed by atoms with E-state index < -0.39 is 4.92 Å². The first kappa shape index (κ1) is 21.4. The molecule has 0 aliphatic carbocycles. The molecule has 0 bridgehead atoms. The second kappa shape index (κ2) is 9.45. The minimum Gasteiger partial charge on any atom is -0.493 e. The largest absolute Gasteiger partial charge is 0.493 e. The van der Waals surface area contributed by atoms with Gasteiger partial charge in [-0.2, -0.15) is 0 Å². The molecule has 0 saturated carbocycles. The third-order valence-corrected chi connectivity index (χ3v) is 5.12. The maximum absolute atomic E-state index is 13.0. The standard InChI is InChI=1S/C21H25N3O6/c1-28-18-12-16(13-19(29-2)20(18)30-3)21(25)23-10-8-22(9-11-23)14-15-4-6-17(7-5-15)24(26)27/h4-7,12-13H,8-11,14H2,1-3H3. The van der Waals surface area contributed by atoms with Crippen molar-refractivity contribution in [2.24, 2.45) is 0 Å². The Morgan fingerprint density at radius 1 is 0.967 bits per heavy atom. The van der Waals surface area contributed by atoms with Crippen LogP contribution in [0, 0.1) is 10.1 Å². The fourth-order valence-corrected chi connectivity index (χ4v) is 3.48. The molecule has 1 heterocycles. The number of piperazine rings is 1. The Kier molecular flexibility index (Phi) is 6.73. The number of non-ortho nitro benzene ring substituents is 1. The summed E-state index contributed by atoms with van der Waals surface area (Å²) in [4.78, 5) is 27.4. The Morgan fingerprint density at radius 3 is 2.00 bits per heavy atom. The third kappa shape index (κ3) is 4.62. The minimum absolute atomic E-state index is 0.0829.